The molecule has 170 valence electrons. The molecule has 0 radical (unpaired) electrons. The van der Waals surface area contributed by atoms with Crippen LogP contribution in [0.5, 0.6) is 11.5 Å². The minimum Gasteiger partial charge on any atom is -0.457 e. The van der Waals surface area contributed by atoms with Crippen molar-refractivity contribution in [3.05, 3.63) is 71.6 Å². The standard InChI is InChI=1S/C27H28FN3O2/c1-16-3-7-21-24(30-16)8-10-26-27(21)33-20(15-32-26)13-29-19-6-4-17(11-19)23-14-31(2)25-9-5-18(28)12-22(23)25/h3,5,7-10,12,14-17,19,29-30H,4,6,11,13H2,1-2H3/t16?,17-,19+/m1/s1. The molecule has 1 fully saturated rings. The van der Waals surface area contributed by atoms with Gasteiger partial charge in [0.25, 0.3) is 0 Å². The molecule has 2 aromatic carbocycles. The van der Waals surface area contributed by atoms with E-state index in [4.69, 9.17) is 9.47 Å². The van der Waals surface area contributed by atoms with E-state index in [0.29, 0.717) is 24.5 Å². The summed E-state index contributed by atoms with van der Waals surface area (Å²) in [4.78, 5) is 0. The summed E-state index contributed by atoms with van der Waals surface area (Å²) in [7, 11) is 2.03. The van der Waals surface area contributed by atoms with Gasteiger partial charge in [0.05, 0.1) is 6.54 Å². The summed E-state index contributed by atoms with van der Waals surface area (Å²) >= 11 is 0. The Morgan fingerprint density at radius 1 is 1.21 bits per heavy atom. The van der Waals surface area contributed by atoms with E-state index in [0.717, 1.165) is 58.7 Å². The van der Waals surface area contributed by atoms with Crippen molar-refractivity contribution in [1.29, 1.82) is 0 Å². The number of rotatable bonds is 4. The van der Waals surface area contributed by atoms with Gasteiger partial charge < -0.3 is 24.7 Å². The Hall–Kier alpha value is -3.25. The van der Waals surface area contributed by atoms with Crippen molar-refractivity contribution in [3.8, 4) is 11.5 Å². The van der Waals surface area contributed by atoms with Crippen LogP contribution in [-0.4, -0.2) is 23.2 Å². The molecule has 6 rings (SSSR count). The van der Waals surface area contributed by atoms with Crippen molar-refractivity contribution in [2.45, 2.75) is 44.2 Å². The summed E-state index contributed by atoms with van der Waals surface area (Å²) in [5.41, 5.74) is 4.43. The van der Waals surface area contributed by atoms with Crippen LogP contribution in [0.15, 0.2) is 54.6 Å². The quantitative estimate of drug-likeness (QED) is 0.542. The largest absolute Gasteiger partial charge is 0.457 e. The zero-order chi connectivity index (χ0) is 22.5. The molecule has 5 nitrogen and oxygen atoms in total. The van der Waals surface area contributed by atoms with Crippen molar-refractivity contribution < 1.29 is 13.9 Å². The first kappa shape index (κ1) is 20.4. The van der Waals surface area contributed by atoms with E-state index in [1.807, 2.05) is 25.2 Å². The van der Waals surface area contributed by atoms with Gasteiger partial charge in [-0.05, 0) is 68.0 Å². The SMILES string of the molecule is CC1C=Cc2c(ccc3c2OC(CN[C@H]2CC[C@@H](c4cn(C)c5ccc(F)cc45)C2)=CO3)N1. The highest BCUT2D eigenvalue weighted by Gasteiger charge is 2.29. The van der Waals surface area contributed by atoms with Gasteiger partial charge in [-0.1, -0.05) is 12.2 Å². The lowest BCUT2D eigenvalue weighted by atomic mass is 9.97. The molecule has 3 aliphatic rings. The number of hydrogen-bond donors (Lipinski definition) is 2. The van der Waals surface area contributed by atoms with Crippen molar-refractivity contribution in [1.82, 2.24) is 9.88 Å². The molecule has 6 heteroatoms. The number of benzene rings is 2. The topological polar surface area (TPSA) is 47.5 Å². The Morgan fingerprint density at radius 3 is 3.03 bits per heavy atom. The van der Waals surface area contributed by atoms with Gasteiger partial charge in [0.15, 0.2) is 17.3 Å². The molecular weight excluding hydrogens is 417 g/mol. The molecule has 1 aromatic heterocycles. The third-order valence-electron chi connectivity index (χ3n) is 7.06. The van der Waals surface area contributed by atoms with E-state index in [9.17, 15) is 4.39 Å². The molecule has 1 aliphatic carbocycles. The molecule has 0 spiro atoms. The molecule has 3 aromatic rings. The number of aryl methyl sites for hydroxylation is 1. The average Bonchev–Trinajstić information content (AvgIpc) is 3.41. The van der Waals surface area contributed by atoms with Gasteiger partial charge in [-0.15, -0.1) is 0 Å². The Labute approximate surface area is 192 Å². The van der Waals surface area contributed by atoms with Gasteiger partial charge in [-0.3, -0.25) is 0 Å². The minimum absolute atomic E-state index is 0.175. The first-order valence-corrected chi connectivity index (χ1v) is 11.7. The van der Waals surface area contributed by atoms with Crippen LogP contribution in [-0.2, 0) is 7.05 Å². The Balaban J connectivity index is 1.12. The van der Waals surface area contributed by atoms with Crippen LogP contribution in [0.25, 0.3) is 17.0 Å². The number of aromatic nitrogens is 1. The predicted octanol–water partition coefficient (Wildman–Crippen LogP) is 5.68. The second-order valence-electron chi connectivity index (χ2n) is 9.39. The van der Waals surface area contributed by atoms with Crippen LogP contribution in [0, 0.1) is 5.82 Å². The molecule has 3 heterocycles. The van der Waals surface area contributed by atoms with E-state index < -0.39 is 0 Å². The number of nitrogens with zero attached hydrogens (tertiary/aromatic N) is 1. The maximum absolute atomic E-state index is 13.9. The molecule has 1 saturated carbocycles. The van der Waals surface area contributed by atoms with Crippen molar-refractivity contribution >= 4 is 22.7 Å². The van der Waals surface area contributed by atoms with Gasteiger partial charge in [0, 0.05) is 47.5 Å². The fraction of sp³-hybridized carbons (Fsp3) is 0.333. The summed E-state index contributed by atoms with van der Waals surface area (Å²) in [5, 5.41) is 8.14. The van der Waals surface area contributed by atoms with Gasteiger partial charge in [-0.25, -0.2) is 4.39 Å². The highest BCUT2D eigenvalue weighted by Crippen LogP contribution is 2.43. The van der Waals surface area contributed by atoms with Gasteiger partial charge in [0.1, 0.15) is 12.1 Å². The van der Waals surface area contributed by atoms with Crippen LogP contribution in [0.1, 0.15) is 43.2 Å². The summed E-state index contributed by atoms with van der Waals surface area (Å²) < 4.78 is 28.1. The maximum atomic E-state index is 13.9. The lowest BCUT2D eigenvalue weighted by Crippen LogP contribution is -2.30. The highest BCUT2D eigenvalue weighted by atomic mass is 19.1. The zero-order valence-corrected chi connectivity index (χ0v) is 18.9. The van der Waals surface area contributed by atoms with Crippen LogP contribution in [0.3, 0.4) is 0 Å². The Bertz CT molecular complexity index is 1290. The van der Waals surface area contributed by atoms with Gasteiger partial charge in [0.2, 0.25) is 0 Å². The van der Waals surface area contributed by atoms with E-state index in [1.165, 1.54) is 11.6 Å². The third-order valence-corrected chi connectivity index (χ3v) is 7.06. The predicted molar refractivity (Wildman–Crippen MR) is 129 cm³/mol. The monoisotopic (exact) mass is 445 g/mol. The highest BCUT2D eigenvalue weighted by molar-refractivity contribution is 5.84. The molecule has 2 aliphatic heterocycles. The molecule has 33 heavy (non-hydrogen) atoms. The molecule has 3 atom stereocenters. The van der Waals surface area contributed by atoms with Crippen LogP contribution in [0.4, 0.5) is 10.1 Å². The molecule has 0 saturated heterocycles. The normalized spacial score (nSPS) is 23.4. The van der Waals surface area contributed by atoms with E-state index >= 15 is 0 Å². The van der Waals surface area contributed by atoms with Gasteiger partial charge >= 0.3 is 0 Å². The third kappa shape index (κ3) is 3.68. The number of nitrogens with one attached hydrogen (secondary N) is 2. The van der Waals surface area contributed by atoms with Gasteiger partial charge in [-0.2, -0.15) is 0 Å². The number of ether oxygens (including phenoxy) is 2. The zero-order valence-electron chi connectivity index (χ0n) is 18.9. The summed E-state index contributed by atoms with van der Waals surface area (Å²) in [6.45, 7) is 2.73. The molecule has 1 unspecified atom stereocenters. The lowest BCUT2D eigenvalue weighted by molar-refractivity contribution is 0.309. The fourth-order valence-electron chi connectivity index (χ4n) is 5.38. The second kappa shape index (κ2) is 7.96. The Kier molecular flexibility index (Phi) is 4.91. The fourth-order valence-corrected chi connectivity index (χ4v) is 5.38. The van der Waals surface area contributed by atoms with Crippen molar-refractivity contribution in [2.75, 3.05) is 11.9 Å². The first-order chi connectivity index (χ1) is 16.0. The van der Waals surface area contributed by atoms with Crippen LogP contribution < -0.4 is 20.1 Å². The first-order valence-electron chi connectivity index (χ1n) is 11.7. The average molecular weight is 446 g/mol. The lowest BCUT2D eigenvalue weighted by Gasteiger charge is -2.26. The maximum Gasteiger partial charge on any atom is 0.178 e. The van der Waals surface area contributed by atoms with Crippen LogP contribution in [0.2, 0.25) is 0 Å². The summed E-state index contributed by atoms with van der Waals surface area (Å²) in [5.74, 6) is 2.54. The minimum atomic E-state index is -0.175. The summed E-state index contributed by atoms with van der Waals surface area (Å²) in [6.07, 6.45) is 11.3. The number of fused-ring (bicyclic) bond motifs is 4. The van der Waals surface area contributed by atoms with Crippen molar-refractivity contribution in [2.24, 2.45) is 7.05 Å². The van der Waals surface area contributed by atoms with E-state index in [-0.39, 0.29) is 5.82 Å². The second-order valence-corrected chi connectivity index (χ2v) is 9.39. The van der Waals surface area contributed by atoms with E-state index in [1.54, 1.807) is 12.3 Å². The van der Waals surface area contributed by atoms with Crippen molar-refractivity contribution in [3.63, 3.8) is 0 Å². The molecule has 0 bridgehead atoms. The van der Waals surface area contributed by atoms with E-state index in [2.05, 4.69) is 40.5 Å². The number of hydrogen-bond acceptors (Lipinski definition) is 4. The molecule has 2 N–H and O–H groups in total. The molecular formula is C27H28FN3O2. The van der Waals surface area contributed by atoms with Crippen LogP contribution >= 0.6 is 0 Å². The smallest absolute Gasteiger partial charge is 0.178 e. The number of anilines is 1. The Morgan fingerprint density at radius 2 is 2.12 bits per heavy atom. The molecule has 0 amide bonds. The summed E-state index contributed by atoms with van der Waals surface area (Å²) in [6, 6.07) is 9.74. The number of halogens is 1.